The first-order valence-electron chi connectivity index (χ1n) is 3.78. The standard InChI is InChI=1S/C8H11N3/c9-8-2-1-6(5-11-8)7-3-10-4-7/h1-2,5,7,10H,3-4H2,(H2,9,11). The van der Waals surface area contributed by atoms with Gasteiger partial charge in [-0.2, -0.15) is 0 Å². The van der Waals surface area contributed by atoms with Gasteiger partial charge in [-0.3, -0.25) is 0 Å². The number of anilines is 1. The summed E-state index contributed by atoms with van der Waals surface area (Å²) in [5.41, 5.74) is 6.75. The van der Waals surface area contributed by atoms with Crippen LogP contribution < -0.4 is 11.1 Å². The molecule has 0 saturated carbocycles. The molecule has 0 aliphatic carbocycles. The van der Waals surface area contributed by atoms with Gasteiger partial charge in [0, 0.05) is 25.2 Å². The third-order valence-electron chi connectivity index (χ3n) is 2.06. The van der Waals surface area contributed by atoms with Crippen LogP contribution in [-0.2, 0) is 0 Å². The van der Waals surface area contributed by atoms with E-state index in [1.165, 1.54) is 5.56 Å². The summed E-state index contributed by atoms with van der Waals surface area (Å²) in [7, 11) is 0. The Morgan fingerprint density at radius 2 is 2.27 bits per heavy atom. The molecule has 2 rings (SSSR count). The SMILES string of the molecule is Nc1ccc(C2CNC2)cn1. The fraction of sp³-hybridized carbons (Fsp3) is 0.375. The van der Waals surface area contributed by atoms with E-state index in [4.69, 9.17) is 5.73 Å². The van der Waals surface area contributed by atoms with Gasteiger partial charge in [-0.1, -0.05) is 6.07 Å². The van der Waals surface area contributed by atoms with E-state index in [0.717, 1.165) is 13.1 Å². The lowest BCUT2D eigenvalue weighted by Crippen LogP contribution is -2.39. The van der Waals surface area contributed by atoms with Gasteiger partial charge in [0.25, 0.3) is 0 Å². The first-order valence-corrected chi connectivity index (χ1v) is 3.78. The van der Waals surface area contributed by atoms with E-state index < -0.39 is 0 Å². The van der Waals surface area contributed by atoms with Gasteiger partial charge in [0.2, 0.25) is 0 Å². The van der Waals surface area contributed by atoms with Crippen molar-refractivity contribution in [1.82, 2.24) is 10.3 Å². The quantitative estimate of drug-likeness (QED) is 0.605. The third kappa shape index (κ3) is 1.19. The minimum Gasteiger partial charge on any atom is -0.384 e. The van der Waals surface area contributed by atoms with Crippen molar-refractivity contribution in [3.63, 3.8) is 0 Å². The molecule has 2 heterocycles. The lowest BCUT2D eigenvalue weighted by atomic mass is 9.95. The molecule has 1 aliphatic rings. The molecule has 1 aliphatic heterocycles. The molecule has 58 valence electrons. The minimum atomic E-state index is 0.598. The molecule has 1 fully saturated rings. The van der Waals surface area contributed by atoms with Gasteiger partial charge in [0.1, 0.15) is 5.82 Å². The zero-order chi connectivity index (χ0) is 7.68. The zero-order valence-corrected chi connectivity index (χ0v) is 6.25. The molecule has 1 aromatic heterocycles. The van der Waals surface area contributed by atoms with Gasteiger partial charge in [-0.05, 0) is 11.6 Å². The number of nitrogens with one attached hydrogen (secondary N) is 1. The van der Waals surface area contributed by atoms with E-state index in [0.29, 0.717) is 11.7 Å². The fourth-order valence-electron chi connectivity index (χ4n) is 1.18. The average Bonchev–Trinajstić information content (AvgIpc) is 1.90. The van der Waals surface area contributed by atoms with E-state index in [1.54, 1.807) is 0 Å². The molecule has 0 bridgehead atoms. The van der Waals surface area contributed by atoms with Crippen molar-refractivity contribution in [2.45, 2.75) is 5.92 Å². The summed E-state index contributed by atoms with van der Waals surface area (Å²) < 4.78 is 0. The van der Waals surface area contributed by atoms with Crippen molar-refractivity contribution >= 4 is 5.82 Å². The molecule has 3 nitrogen and oxygen atoms in total. The maximum atomic E-state index is 5.46. The maximum absolute atomic E-state index is 5.46. The van der Waals surface area contributed by atoms with Gasteiger partial charge in [0.05, 0.1) is 0 Å². The smallest absolute Gasteiger partial charge is 0.123 e. The molecule has 3 N–H and O–H groups in total. The van der Waals surface area contributed by atoms with Crippen LogP contribution in [0.2, 0.25) is 0 Å². The molecule has 11 heavy (non-hydrogen) atoms. The van der Waals surface area contributed by atoms with Crippen molar-refractivity contribution in [2.24, 2.45) is 0 Å². The lowest BCUT2D eigenvalue weighted by Gasteiger charge is -2.26. The number of rotatable bonds is 1. The third-order valence-corrected chi connectivity index (χ3v) is 2.06. The first kappa shape index (κ1) is 6.61. The average molecular weight is 149 g/mol. The Balaban J connectivity index is 2.18. The van der Waals surface area contributed by atoms with Crippen LogP contribution in [0.3, 0.4) is 0 Å². The molecule has 0 aromatic carbocycles. The Kier molecular flexibility index (Phi) is 1.51. The summed E-state index contributed by atoms with van der Waals surface area (Å²) in [5, 5.41) is 3.22. The second-order valence-electron chi connectivity index (χ2n) is 2.87. The first-order chi connectivity index (χ1) is 5.36. The molecular formula is C8H11N3. The van der Waals surface area contributed by atoms with Crippen molar-refractivity contribution in [3.05, 3.63) is 23.9 Å². The summed E-state index contributed by atoms with van der Waals surface area (Å²) in [6.45, 7) is 2.15. The largest absolute Gasteiger partial charge is 0.384 e. The van der Waals surface area contributed by atoms with E-state index in [9.17, 15) is 0 Å². The minimum absolute atomic E-state index is 0.598. The van der Waals surface area contributed by atoms with Crippen LogP contribution in [-0.4, -0.2) is 18.1 Å². The van der Waals surface area contributed by atoms with Gasteiger partial charge in [-0.15, -0.1) is 0 Å². The molecule has 1 aromatic rings. The highest BCUT2D eigenvalue weighted by atomic mass is 14.9. The summed E-state index contributed by atoms with van der Waals surface area (Å²) in [6, 6.07) is 3.90. The monoisotopic (exact) mass is 149 g/mol. The fourth-order valence-corrected chi connectivity index (χ4v) is 1.18. The lowest BCUT2D eigenvalue weighted by molar-refractivity contribution is 0.447. The Bertz CT molecular complexity index is 238. The van der Waals surface area contributed by atoms with Crippen LogP contribution in [0, 0.1) is 0 Å². The number of nitrogens with zero attached hydrogens (tertiary/aromatic N) is 1. The van der Waals surface area contributed by atoms with E-state index in [1.807, 2.05) is 18.3 Å². The van der Waals surface area contributed by atoms with Crippen LogP contribution in [0.4, 0.5) is 5.82 Å². The van der Waals surface area contributed by atoms with Crippen molar-refractivity contribution in [3.8, 4) is 0 Å². The highest BCUT2D eigenvalue weighted by Gasteiger charge is 2.18. The van der Waals surface area contributed by atoms with Crippen LogP contribution in [0.25, 0.3) is 0 Å². The van der Waals surface area contributed by atoms with Crippen LogP contribution >= 0.6 is 0 Å². The number of pyridine rings is 1. The summed E-state index contributed by atoms with van der Waals surface area (Å²) in [4.78, 5) is 4.03. The normalized spacial score (nSPS) is 17.8. The van der Waals surface area contributed by atoms with Crippen molar-refractivity contribution in [2.75, 3.05) is 18.8 Å². The van der Waals surface area contributed by atoms with Gasteiger partial charge >= 0.3 is 0 Å². The Morgan fingerprint density at radius 1 is 1.45 bits per heavy atom. The molecule has 0 amide bonds. The zero-order valence-electron chi connectivity index (χ0n) is 6.25. The van der Waals surface area contributed by atoms with Crippen molar-refractivity contribution in [1.29, 1.82) is 0 Å². The highest BCUT2D eigenvalue weighted by molar-refractivity contribution is 5.31. The molecular weight excluding hydrogens is 138 g/mol. The Hall–Kier alpha value is -1.09. The molecule has 3 heteroatoms. The number of hydrogen-bond donors (Lipinski definition) is 2. The van der Waals surface area contributed by atoms with Crippen LogP contribution in [0.15, 0.2) is 18.3 Å². The maximum Gasteiger partial charge on any atom is 0.123 e. The second kappa shape index (κ2) is 2.51. The summed E-state index contributed by atoms with van der Waals surface area (Å²) in [6.07, 6.45) is 1.86. The molecule has 0 atom stereocenters. The van der Waals surface area contributed by atoms with Crippen molar-refractivity contribution < 1.29 is 0 Å². The van der Waals surface area contributed by atoms with E-state index in [2.05, 4.69) is 10.3 Å². The predicted octanol–water partition coefficient (Wildman–Crippen LogP) is 0.351. The van der Waals surface area contributed by atoms with Gasteiger partial charge < -0.3 is 11.1 Å². The molecule has 0 spiro atoms. The highest BCUT2D eigenvalue weighted by Crippen LogP contribution is 2.18. The summed E-state index contributed by atoms with van der Waals surface area (Å²) in [5.74, 6) is 1.25. The van der Waals surface area contributed by atoms with Crippen LogP contribution in [0.5, 0.6) is 0 Å². The Labute approximate surface area is 65.6 Å². The van der Waals surface area contributed by atoms with E-state index >= 15 is 0 Å². The predicted molar refractivity (Wildman–Crippen MR) is 44.3 cm³/mol. The Morgan fingerprint density at radius 3 is 2.73 bits per heavy atom. The van der Waals surface area contributed by atoms with E-state index in [-0.39, 0.29) is 0 Å². The van der Waals surface area contributed by atoms with Gasteiger partial charge in [-0.25, -0.2) is 4.98 Å². The topological polar surface area (TPSA) is 50.9 Å². The van der Waals surface area contributed by atoms with Gasteiger partial charge in [0.15, 0.2) is 0 Å². The molecule has 0 unspecified atom stereocenters. The molecule has 0 radical (unpaired) electrons. The number of aromatic nitrogens is 1. The van der Waals surface area contributed by atoms with Crippen LogP contribution in [0.1, 0.15) is 11.5 Å². The second-order valence-corrected chi connectivity index (χ2v) is 2.87. The molecule has 1 saturated heterocycles. The number of nitrogens with two attached hydrogens (primary N) is 1. The number of nitrogen functional groups attached to an aromatic ring is 1. The number of hydrogen-bond acceptors (Lipinski definition) is 3. The summed E-state index contributed by atoms with van der Waals surface area (Å²) >= 11 is 0.